The Balaban J connectivity index is 1.17. The molecule has 0 saturated heterocycles. The minimum Gasteiger partial charge on any atom is -0.208 e. The molecule has 232 valence electrons. The van der Waals surface area contributed by atoms with E-state index in [9.17, 15) is 0 Å². The topological polar surface area (TPSA) is 38.7 Å². The first-order valence-electron chi connectivity index (χ1n) is 16.7. The number of aromatic nitrogens is 3. The standard InChI is InChI=1S/C44H28IN3S/c1-3-13-27(14-4-1)40-46-41(28-15-5-2-6-16-28)48-42(47-40)37-38-34(23-24-45-37)44(33-21-11-12-22-36(33)49-38)32-20-10-9-19-31(32)43-26-30-18-8-7-17-29(30)25-35(43)39(43)44/h1-26,35,39H. The second-order valence-electron chi connectivity index (χ2n) is 13.3. The van der Waals surface area contributed by atoms with Crippen molar-refractivity contribution in [1.82, 2.24) is 15.0 Å². The van der Waals surface area contributed by atoms with Gasteiger partial charge in [0.15, 0.2) is 17.5 Å². The van der Waals surface area contributed by atoms with Crippen molar-refractivity contribution >= 4 is 48.2 Å². The van der Waals surface area contributed by atoms with Gasteiger partial charge in [-0.25, -0.2) is 15.0 Å². The summed E-state index contributed by atoms with van der Waals surface area (Å²) in [5.41, 5.74) is 7.48. The zero-order valence-corrected chi connectivity index (χ0v) is 29.3. The summed E-state index contributed by atoms with van der Waals surface area (Å²) in [6.45, 7) is 0. The number of thioether (sulfide) groups is 1. The summed E-state index contributed by atoms with van der Waals surface area (Å²) < 4.78 is 3.74. The molecule has 5 heteroatoms. The molecule has 0 N–H and O–H groups in total. The average molecular weight is 758 g/mol. The monoisotopic (exact) mass is 757 g/mol. The molecule has 11 rings (SSSR count). The predicted octanol–water partition coefficient (Wildman–Crippen LogP) is 8.34. The van der Waals surface area contributed by atoms with E-state index in [1.165, 1.54) is 46.0 Å². The fourth-order valence-corrected chi connectivity index (χ4v) is 13.0. The van der Waals surface area contributed by atoms with Crippen LogP contribution in [0.2, 0.25) is 0 Å². The van der Waals surface area contributed by atoms with Gasteiger partial charge in [0.2, 0.25) is 0 Å². The van der Waals surface area contributed by atoms with Gasteiger partial charge in [-0.1, -0.05) is 178 Å². The van der Waals surface area contributed by atoms with E-state index in [0.29, 0.717) is 23.5 Å². The van der Waals surface area contributed by atoms with Crippen LogP contribution in [0, 0.1) is 11.8 Å². The third kappa shape index (κ3) is 3.80. The first-order valence-corrected chi connectivity index (χ1v) is 19.9. The van der Waals surface area contributed by atoms with Gasteiger partial charge in [-0.15, -0.1) is 0 Å². The predicted molar refractivity (Wildman–Crippen MR) is 208 cm³/mol. The Morgan fingerprint density at radius 2 is 1.16 bits per heavy atom. The Labute approximate surface area is 298 Å². The number of hydrogen-bond donors (Lipinski definition) is 0. The second-order valence-corrected chi connectivity index (χ2v) is 16.8. The van der Waals surface area contributed by atoms with Gasteiger partial charge in [0.05, 0.1) is 8.92 Å². The number of hydrogen-bond acceptors (Lipinski definition) is 4. The van der Waals surface area contributed by atoms with Crippen LogP contribution >= 0.6 is 32.5 Å². The largest absolute Gasteiger partial charge is 0.208 e. The molecule has 3 heterocycles. The summed E-state index contributed by atoms with van der Waals surface area (Å²) in [5, 5.41) is 2.71. The van der Waals surface area contributed by atoms with E-state index in [1.54, 1.807) is 0 Å². The van der Waals surface area contributed by atoms with Gasteiger partial charge in [-0.2, -0.15) is 0 Å². The Hall–Kier alpha value is -4.72. The number of nitrogens with zero attached hydrogens (tertiary/aromatic N) is 3. The summed E-state index contributed by atoms with van der Waals surface area (Å²) in [4.78, 5) is 18.2. The van der Waals surface area contributed by atoms with E-state index in [4.69, 9.17) is 15.0 Å². The molecule has 0 bridgehead atoms. The number of fused-ring (bicyclic) bond motifs is 8. The second kappa shape index (κ2) is 10.4. The Kier molecular flexibility index (Phi) is 5.97. The van der Waals surface area contributed by atoms with Crippen molar-refractivity contribution in [2.45, 2.75) is 15.7 Å². The Bertz CT molecular complexity index is 2550. The normalized spacial score (nSPS) is 24.9. The fourth-order valence-electron chi connectivity index (χ4n) is 9.15. The number of benzene rings is 5. The SMILES string of the molecule is C1=CC2=C(Sc3ccccc3C23c2ccccc2C24C=c5ccccc5=CC2C34)C(c2nc(-c3ccccc3)nc(-c3ccccc3)n2)=I1. The zero-order chi connectivity index (χ0) is 32.2. The van der Waals surface area contributed by atoms with E-state index < -0.39 is 20.7 Å². The first-order chi connectivity index (χ1) is 24.3. The van der Waals surface area contributed by atoms with Gasteiger partial charge >= 0.3 is 0 Å². The molecule has 6 aromatic rings. The van der Waals surface area contributed by atoms with Crippen LogP contribution in [0.3, 0.4) is 0 Å². The van der Waals surface area contributed by atoms with Crippen molar-refractivity contribution in [3.63, 3.8) is 0 Å². The van der Waals surface area contributed by atoms with E-state index in [-0.39, 0.29) is 10.8 Å². The van der Waals surface area contributed by atoms with Crippen molar-refractivity contribution < 1.29 is 0 Å². The molecular weight excluding hydrogens is 729 g/mol. The summed E-state index contributed by atoms with van der Waals surface area (Å²) in [6, 6.07) is 48.1. The van der Waals surface area contributed by atoms with Crippen molar-refractivity contribution in [1.29, 1.82) is 0 Å². The highest BCUT2D eigenvalue weighted by Gasteiger charge is 2.78. The highest BCUT2D eigenvalue weighted by molar-refractivity contribution is 14.2. The van der Waals surface area contributed by atoms with Crippen LogP contribution in [0.5, 0.6) is 0 Å². The third-order valence-corrected chi connectivity index (χ3v) is 15.0. The van der Waals surface area contributed by atoms with E-state index in [2.05, 4.69) is 144 Å². The summed E-state index contributed by atoms with van der Waals surface area (Å²) in [5.74, 6) is 3.06. The van der Waals surface area contributed by atoms with Crippen molar-refractivity contribution in [3.8, 4) is 22.8 Å². The van der Waals surface area contributed by atoms with Gasteiger partial charge < -0.3 is 0 Å². The smallest absolute Gasteiger partial charge is 0.170 e. The van der Waals surface area contributed by atoms with Crippen LogP contribution in [-0.4, -0.2) is 18.5 Å². The van der Waals surface area contributed by atoms with Crippen LogP contribution < -0.4 is 10.4 Å². The molecule has 1 saturated carbocycles. The summed E-state index contributed by atoms with van der Waals surface area (Å²) >= 11 is 1.42. The maximum atomic E-state index is 5.26. The molecule has 4 unspecified atom stereocenters. The van der Waals surface area contributed by atoms with Gasteiger partial charge in [0.1, 0.15) is 0 Å². The van der Waals surface area contributed by atoms with Crippen molar-refractivity contribution in [2.75, 3.05) is 0 Å². The van der Waals surface area contributed by atoms with Crippen LogP contribution in [0.1, 0.15) is 22.5 Å². The lowest BCUT2D eigenvalue weighted by Gasteiger charge is -2.42. The molecule has 49 heavy (non-hydrogen) atoms. The number of rotatable bonds is 3. The van der Waals surface area contributed by atoms with Gasteiger partial charge in [-0.05, 0) is 54.7 Å². The van der Waals surface area contributed by atoms with Crippen molar-refractivity contribution in [3.05, 3.63) is 187 Å². The third-order valence-electron chi connectivity index (χ3n) is 11.0. The molecule has 3 aliphatic carbocycles. The van der Waals surface area contributed by atoms with Gasteiger partial charge in [-0.3, -0.25) is 0 Å². The molecule has 1 fully saturated rings. The lowest BCUT2D eigenvalue weighted by molar-refractivity contribution is 0.519. The molecule has 5 aromatic carbocycles. The number of allylic oxidation sites excluding steroid dienone is 3. The first kappa shape index (κ1) is 28.2. The van der Waals surface area contributed by atoms with E-state index in [0.717, 1.165) is 17.0 Å². The van der Waals surface area contributed by atoms with Gasteiger partial charge in [0.25, 0.3) is 0 Å². The molecule has 5 aliphatic rings. The minimum atomic E-state index is -0.503. The van der Waals surface area contributed by atoms with Crippen LogP contribution in [0.15, 0.2) is 159 Å². The Morgan fingerprint density at radius 3 is 1.90 bits per heavy atom. The van der Waals surface area contributed by atoms with Gasteiger partial charge in [0, 0.05) is 26.3 Å². The highest BCUT2D eigenvalue weighted by atomic mass is 127. The molecule has 1 aromatic heterocycles. The number of halogens is 1. The molecule has 2 aliphatic heterocycles. The molecule has 3 nitrogen and oxygen atoms in total. The van der Waals surface area contributed by atoms with Crippen LogP contribution in [0.25, 0.3) is 34.9 Å². The lowest BCUT2D eigenvalue weighted by atomic mass is 9.65. The molecular formula is C44H28IN3S. The van der Waals surface area contributed by atoms with E-state index in [1.807, 2.05) is 23.9 Å². The highest BCUT2D eigenvalue weighted by Crippen LogP contribution is 2.80. The molecule has 2 spiro atoms. The maximum absolute atomic E-state index is 5.26. The lowest BCUT2D eigenvalue weighted by Crippen LogP contribution is -2.36. The Morgan fingerprint density at radius 1 is 0.571 bits per heavy atom. The average Bonchev–Trinajstić information content (AvgIpc) is 3.77. The molecule has 4 atom stereocenters. The molecule has 0 radical (unpaired) electrons. The van der Waals surface area contributed by atoms with Crippen molar-refractivity contribution in [2.24, 2.45) is 11.8 Å². The molecule has 0 amide bonds. The fraction of sp³-hybridized carbons (Fsp3) is 0.0909. The zero-order valence-electron chi connectivity index (χ0n) is 26.3. The maximum Gasteiger partial charge on any atom is 0.170 e. The summed E-state index contributed by atoms with van der Waals surface area (Å²) in [6.07, 6.45) is 7.68. The van der Waals surface area contributed by atoms with Crippen LogP contribution in [-0.2, 0) is 10.8 Å². The van der Waals surface area contributed by atoms with Crippen LogP contribution in [0.4, 0.5) is 0 Å². The summed E-state index contributed by atoms with van der Waals surface area (Å²) in [7, 11) is 0. The van der Waals surface area contributed by atoms with E-state index >= 15 is 0 Å². The quantitative estimate of drug-likeness (QED) is 0.170. The minimum absolute atomic E-state index is 0.0210.